The van der Waals surface area contributed by atoms with Gasteiger partial charge in [-0.15, -0.1) is 6.58 Å². The third kappa shape index (κ3) is 4.25. The molecular weight excluding hydrogens is 494 g/mol. The molecule has 0 saturated carbocycles. The van der Waals surface area contributed by atoms with Crippen LogP contribution in [-0.2, 0) is 23.0 Å². The number of amides is 1. The minimum atomic E-state index is -3.75. The first-order chi connectivity index (χ1) is 17.4. The van der Waals surface area contributed by atoms with Crippen LogP contribution in [0.15, 0.2) is 89.3 Å². The molecule has 0 atom stereocenters. The normalized spacial score (nSPS) is 14.0. The van der Waals surface area contributed by atoms with Gasteiger partial charge in [0.25, 0.3) is 15.9 Å². The number of para-hydroxylation sites is 2. The first-order valence-corrected chi connectivity index (χ1v) is 13.8. The predicted octanol–water partition coefficient (Wildman–Crippen LogP) is 4.78. The van der Waals surface area contributed by atoms with E-state index in [0.717, 1.165) is 28.6 Å². The molecule has 2 heterocycles. The number of carbonyl (C=O) groups is 1. The monoisotopic (exact) mass is 519 g/mol. The number of benzene rings is 3. The fourth-order valence-electron chi connectivity index (χ4n) is 4.44. The summed E-state index contributed by atoms with van der Waals surface area (Å²) in [5, 5.41) is 0. The van der Waals surface area contributed by atoms with E-state index in [4.69, 9.17) is 4.74 Å². The molecule has 0 unspecified atom stereocenters. The van der Waals surface area contributed by atoms with Crippen molar-refractivity contribution in [1.82, 2.24) is 4.57 Å². The summed E-state index contributed by atoms with van der Waals surface area (Å²) in [7, 11) is -2.15. The van der Waals surface area contributed by atoms with E-state index in [1.54, 1.807) is 13.2 Å². The fourth-order valence-corrected chi connectivity index (χ4v) is 7.04. The zero-order valence-electron chi connectivity index (χ0n) is 19.8. The highest BCUT2D eigenvalue weighted by Gasteiger charge is 2.29. The second-order valence-electron chi connectivity index (χ2n) is 8.34. The number of hydrogen-bond acceptors (Lipinski definition) is 5. The third-order valence-electron chi connectivity index (χ3n) is 6.15. The zero-order valence-corrected chi connectivity index (χ0v) is 21.4. The summed E-state index contributed by atoms with van der Waals surface area (Å²) in [4.78, 5) is 18.0. The maximum atomic E-state index is 13.4. The molecular formula is C27H25N3O4S2. The van der Waals surface area contributed by atoms with Crippen LogP contribution in [0.1, 0.15) is 22.3 Å². The van der Waals surface area contributed by atoms with Crippen LogP contribution in [0, 0.1) is 0 Å². The molecule has 184 valence electrons. The van der Waals surface area contributed by atoms with Crippen LogP contribution in [0.4, 0.5) is 5.69 Å². The molecule has 1 aromatic heterocycles. The van der Waals surface area contributed by atoms with Crippen molar-refractivity contribution in [1.29, 1.82) is 0 Å². The molecule has 5 rings (SSSR count). The summed E-state index contributed by atoms with van der Waals surface area (Å²) in [6, 6.07) is 19.2. The molecule has 9 heteroatoms. The summed E-state index contributed by atoms with van der Waals surface area (Å²) in [6.45, 7) is 4.70. The Balaban J connectivity index is 1.48. The quantitative estimate of drug-likeness (QED) is 0.344. The van der Waals surface area contributed by atoms with Crippen LogP contribution < -0.4 is 13.8 Å². The smallest absolute Gasteiger partial charge is 0.279 e. The van der Waals surface area contributed by atoms with Crippen molar-refractivity contribution >= 4 is 43.2 Å². The lowest BCUT2D eigenvalue weighted by atomic mass is 10.0. The number of allylic oxidation sites excluding steroid dienone is 1. The molecule has 4 aromatic rings. The maximum absolute atomic E-state index is 13.4. The van der Waals surface area contributed by atoms with Gasteiger partial charge in [0.15, 0.2) is 4.80 Å². The Morgan fingerprint density at radius 2 is 1.89 bits per heavy atom. The number of thiazole rings is 1. The molecule has 0 spiro atoms. The van der Waals surface area contributed by atoms with E-state index in [-0.39, 0.29) is 4.90 Å². The van der Waals surface area contributed by atoms with Gasteiger partial charge in [0.2, 0.25) is 0 Å². The van der Waals surface area contributed by atoms with Crippen molar-refractivity contribution in [3.63, 3.8) is 0 Å². The van der Waals surface area contributed by atoms with Crippen molar-refractivity contribution in [2.75, 3.05) is 18.0 Å². The van der Waals surface area contributed by atoms with E-state index in [1.807, 2.05) is 47.0 Å². The first kappa shape index (κ1) is 24.0. The number of ether oxygens (including phenoxy) is 1. The Bertz CT molecular complexity index is 1630. The summed E-state index contributed by atoms with van der Waals surface area (Å²) in [5.41, 5.74) is 2.89. The van der Waals surface area contributed by atoms with Gasteiger partial charge in [-0.2, -0.15) is 4.99 Å². The summed E-state index contributed by atoms with van der Waals surface area (Å²) in [6.07, 6.45) is 3.35. The van der Waals surface area contributed by atoms with Gasteiger partial charge in [-0.25, -0.2) is 8.42 Å². The molecule has 0 aliphatic carbocycles. The Hall–Kier alpha value is -3.69. The van der Waals surface area contributed by atoms with Crippen molar-refractivity contribution in [3.05, 3.63) is 95.3 Å². The van der Waals surface area contributed by atoms with Crippen molar-refractivity contribution in [2.24, 2.45) is 4.99 Å². The van der Waals surface area contributed by atoms with Crippen LogP contribution in [0.2, 0.25) is 0 Å². The lowest BCUT2D eigenvalue weighted by molar-refractivity contribution is 0.0997. The SMILES string of the molecule is C=CCn1c(=NC(=O)c2ccc(S(=O)(=O)N3CCCc4ccccc43)cc2)sc2cccc(OC)c21. The van der Waals surface area contributed by atoms with Crippen LogP contribution in [0.3, 0.4) is 0 Å². The molecule has 0 radical (unpaired) electrons. The molecule has 1 aliphatic heterocycles. The standard InChI is InChI=1S/C27H25N3O4S2/c1-3-17-29-25-23(34-2)11-6-12-24(25)35-27(29)28-26(31)20-13-15-21(16-14-20)36(32,33)30-18-7-9-19-8-4-5-10-22(19)30/h3-6,8,10-16H,1,7,9,17-18H2,2H3. The molecule has 36 heavy (non-hydrogen) atoms. The zero-order chi connectivity index (χ0) is 25.3. The second-order valence-corrected chi connectivity index (χ2v) is 11.2. The Labute approximate surface area is 213 Å². The van der Waals surface area contributed by atoms with Crippen LogP contribution >= 0.6 is 11.3 Å². The topological polar surface area (TPSA) is 81.0 Å². The van der Waals surface area contributed by atoms with Crippen LogP contribution in [0.25, 0.3) is 10.2 Å². The number of rotatable bonds is 6. The van der Waals surface area contributed by atoms with Gasteiger partial charge in [0.1, 0.15) is 11.3 Å². The number of hydrogen-bond donors (Lipinski definition) is 0. The Morgan fingerprint density at radius 1 is 1.11 bits per heavy atom. The number of fused-ring (bicyclic) bond motifs is 2. The molecule has 3 aromatic carbocycles. The van der Waals surface area contributed by atoms with Gasteiger partial charge in [-0.05, 0) is 60.9 Å². The van der Waals surface area contributed by atoms with E-state index in [9.17, 15) is 13.2 Å². The highest BCUT2D eigenvalue weighted by atomic mass is 32.2. The van der Waals surface area contributed by atoms with Gasteiger partial charge < -0.3 is 9.30 Å². The number of carbonyl (C=O) groups excluding carboxylic acids is 1. The molecule has 7 nitrogen and oxygen atoms in total. The first-order valence-electron chi connectivity index (χ1n) is 11.5. The number of nitrogens with zero attached hydrogens (tertiary/aromatic N) is 3. The maximum Gasteiger partial charge on any atom is 0.279 e. The minimum Gasteiger partial charge on any atom is -0.495 e. The highest BCUT2D eigenvalue weighted by Crippen LogP contribution is 2.32. The highest BCUT2D eigenvalue weighted by molar-refractivity contribution is 7.92. The summed E-state index contributed by atoms with van der Waals surface area (Å²) >= 11 is 1.38. The number of aromatic nitrogens is 1. The Kier molecular flexibility index (Phi) is 6.51. The number of anilines is 1. The Morgan fingerprint density at radius 3 is 2.64 bits per heavy atom. The fraction of sp³-hybridized carbons (Fsp3) is 0.185. The van der Waals surface area contributed by atoms with E-state index in [1.165, 1.54) is 39.9 Å². The predicted molar refractivity (Wildman–Crippen MR) is 142 cm³/mol. The van der Waals surface area contributed by atoms with Crippen molar-refractivity contribution in [3.8, 4) is 5.75 Å². The van der Waals surface area contributed by atoms with Gasteiger partial charge in [-0.3, -0.25) is 9.10 Å². The van der Waals surface area contributed by atoms with E-state index in [2.05, 4.69) is 11.6 Å². The average molecular weight is 520 g/mol. The van der Waals surface area contributed by atoms with Crippen molar-refractivity contribution < 1.29 is 17.9 Å². The lowest BCUT2D eigenvalue weighted by Crippen LogP contribution is -2.35. The van der Waals surface area contributed by atoms with Gasteiger partial charge in [-0.1, -0.05) is 41.7 Å². The largest absolute Gasteiger partial charge is 0.495 e. The van der Waals surface area contributed by atoms with Gasteiger partial charge in [0.05, 0.1) is 22.4 Å². The summed E-state index contributed by atoms with van der Waals surface area (Å²) in [5.74, 6) is 0.235. The summed E-state index contributed by atoms with van der Waals surface area (Å²) < 4.78 is 36.6. The van der Waals surface area contributed by atoms with Gasteiger partial charge in [0, 0.05) is 18.7 Å². The van der Waals surface area contributed by atoms with E-state index < -0.39 is 15.9 Å². The molecule has 0 bridgehead atoms. The van der Waals surface area contributed by atoms with E-state index in [0.29, 0.717) is 34.9 Å². The molecule has 0 fully saturated rings. The molecule has 1 aliphatic rings. The van der Waals surface area contributed by atoms with E-state index >= 15 is 0 Å². The average Bonchev–Trinajstić information content (AvgIpc) is 3.25. The van der Waals surface area contributed by atoms with Crippen LogP contribution in [-0.4, -0.2) is 32.5 Å². The van der Waals surface area contributed by atoms with Crippen molar-refractivity contribution in [2.45, 2.75) is 24.3 Å². The molecule has 0 N–H and O–H groups in total. The van der Waals surface area contributed by atoms with Gasteiger partial charge >= 0.3 is 0 Å². The minimum absolute atomic E-state index is 0.143. The number of aryl methyl sites for hydroxylation is 1. The second kappa shape index (κ2) is 9.75. The number of methoxy groups -OCH3 is 1. The lowest BCUT2D eigenvalue weighted by Gasteiger charge is -2.30. The number of sulfonamides is 1. The third-order valence-corrected chi connectivity index (χ3v) is 9.02. The molecule has 0 saturated heterocycles. The van der Waals surface area contributed by atoms with Crippen LogP contribution in [0.5, 0.6) is 5.75 Å². The molecule has 1 amide bonds.